The molecule has 0 aliphatic carbocycles. The number of hydrogen-bond acceptors (Lipinski definition) is 6. The smallest absolute Gasteiger partial charge is 0.181 e. The highest BCUT2D eigenvalue weighted by Crippen LogP contribution is 2.37. The van der Waals surface area contributed by atoms with Crippen molar-refractivity contribution >= 4 is 15.5 Å². The van der Waals surface area contributed by atoms with Crippen LogP contribution in [0.25, 0.3) is 11.4 Å². The molecule has 2 aromatic carbocycles. The lowest BCUT2D eigenvalue weighted by atomic mass is 9.86. The molecule has 0 radical (unpaired) electrons. The summed E-state index contributed by atoms with van der Waals surface area (Å²) < 4.78 is 25.6. The number of anilines is 1. The second kappa shape index (κ2) is 9.39. The van der Waals surface area contributed by atoms with E-state index in [9.17, 15) is 8.42 Å². The monoisotopic (exact) mass is 493 g/mol. The molecule has 186 valence electrons. The van der Waals surface area contributed by atoms with E-state index in [-0.39, 0.29) is 0 Å². The summed E-state index contributed by atoms with van der Waals surface area (Å²) >= 11 is 0. The van der Waals surface area contributed by atoms with Crippen LogP contribution in [0.4, 0.5) is 5.69 Å². The standard InChI is InChI=1S/C27H35N5O2S/c1-19(2)30-13-15-31(16-14-30)24-9-5-21(6-10-24)23-17-20(3)27-28-26(29-32(27)18-23)22-7-11-25(12-8-22)35(4,33)34/h5-12,19-20,23H,13-18H2,1-4H3. The van der Waals surface area contributed by atoms with Gasteiger partial charge in [-0.25, -0.2) is 18.1 Å². The van der Waals surface area contributed by atoms with E-state index in [1.165, 1.54) is 17.5 Å². The Bertz CT molecular complexity index is 1270. The largest absolute Gasteiger partial charge is 0.369 e. The SMILES string of the molecule is CC1CC(c2ccc(N3CCN(C(C)C)CC3)cc2)Cn2nc(-c3ccc(S(C)(=O)=O)cc3)nc21. The average molecular weight is 494 g/mol. The predicted molar refractivity (Wildman–Crippen MR) is 140 cm³/mol. The summed E-state index contributed by atoms with van der Waals surface area (Å²) in [5, 5.41) is 4.79. The number of sulfone groups is 1. The molecule has 2 aliphatic heterocycles. The van der Waals surface area contributed by atoms with Crippen LogP contribution >= 0.6 is 0 Å². The topological polar surface area (TPSA) is 71.3 Å². The molecule has 2 aliphatic rings. The van der Waals surface area contributed by atoms with Crippen molar-refractivity contribution in [1.82, 2.24) is 19.7 Å². The Morgan fingerprint density at radius 2 is 1.60 bits per heavy atom. The van der Waals surface area contributed by atoms with Gasteiger partial charge in [-0.2, -0.15) is 5.10 Å². The molecule has 0 spiro atoms. The van der Waals surface area contributed by atoms with Crippen LogP contribution in [0.15, 0.2) is 53.4 Å². The molecule has 3 aromatic rings. The number of fused-ring (bicyclic) bond motifs is 1. The maximum atomic E-state index is 11.8. The van der Waals surface area contributed by atoms with Crippen LogP contribution in [0, 0.1) is 0 Å². The normalized spacial score (nSPS) is 21.3. The van der Waals surface area contributed by atoms with Crippen LogP contribution in [0.5, 0.6) is 0 Å². The lowest BCUT2D eigenvalue weighted by molar-refractivity contribution is 0.209. The van der Waals surface area contributed by atoms with Crippen molar-refractivity contribution in [3.63, 3.8) is 0 Å². The first-order valence-electron chi connectivity index (χ1n) is 12.5. The van der Waals surface area contributed by atoms with Crippen molar-refractivity contribution in [2.24, 2.45) is 0 Å². The molecule has 0 amide bonds. The zero-order valence-electron chi connectivity index (χ0n) is 21.1. The first-order chi connectivity index (χ1) is 16.7. The molecule has 0 N–H and O–H groups in total. The van der Waals surface area contributed by atoms with Gasteiger partial charge in [0, 0.05) is 68.1 Å². The Labute approximate surface area is 208 Å². The molecular weight excluding hydrogens is 458 g/mol. The molecule has 3 heterocycles. The summed E-state index contributed by atoms with van der Waals surface area (Å²) in [4.78, 5) is 10.1. The number of piperazine rings is 1. The quantitative estimate of drug-likeness (QED) is 0.531. The minimum atomic E-state index is -3.22. The highest BCUT2D eigenvalue weighted by Gasteiger charge is 2.29. The average Bonchev–Trinajstić information content (AvgIpc) is 3.29. The van der Waals surface area contributed by atoms with Crippen LogP contribution in [-0.4, -0.2) is 66.6 Å². The van der Waals surface area contributed by atoms with Gasteiger partial charge < -0.3 is 4.90 Å². The maximum absolute atomic E-state index is 11.8. The molecule has 2 unspecified atom stereocenters. The molecule has 8 heteroatoms. The third-order valence-electron chi connectivity index (χ3n) is 7.49. The van der Waals surface area contributed by atoms with Crippen LogP contribution in [0.2, 0.25) is 0 Å². The van der Waals surface area contributed by atoms with Gasteiger partial charge >= 0.3 is 0 Å². The van der Waals surface area contributed by atoms with Crippen molar-refractivity contribution in [2.75, 3.05) is 37.3 Å². The van der Waals surface area contributed by atoms with Crippen molar-refractivity contribution in [2.45, 2.75) is 56.5 Å². The van der Waals surface area contributed by atoms with Crippen molar-refractivity contribution in [3.05, 3.63) is 59.9 Å². The van der Waals surface area contributed by atoms with E-state index in [1.807, 2.05) is 4.68 Å². The number of rotatable bonds is 5. The molecule has 0 bridgehead atoms. The second-order valence-electron chi connectivity index (χ2n) is 10.3. The van der Waals surface area contributed by atoms with E-state index in [0.717, 1.165) is 50.5 Å². The molecule has 0 saturated carbocycles. The van der Waals surface area contributed by atoms with E-state index in [0.29, 0.717) is 28.6 Å². The first-order valence-corrected chi connectivity index (χ1v) is 14.4. The zero-order chi connectivity index (χ0) is 24.7. The maximum Gasteiger partial charge on any atom is 0.181 e. The van der Waals surface area contributed by atoms with Crippen LogP contribution in [0.3, 0.4) is 0 Å². The Kier molecular flexibility index (Phi) is 6.44. The number of nitrogens with zero attached hydrogens (tertiary/aromatic N) is 5. The molecule has 1 saturated heterocycles. The van der Waals surface area contributed by atoms with Gasteiger partial charge in [-0.1, -0.05) is 19.1 Å². The fraction of sp³-hybridized carbons (Fsp3) is 0.481. The van der Waals surface area contributed by atoms with E-state index < -0.39 is 9.84 Å². The van der Waals surface area contributed by atoms with Gasteiger partial charge in [0.15, 0.2) is 15.7 Å². The fourth-order valence-electron chi connectivity index (χ4n) is 5.34. The van der Waals surface area contributed by atoms with Crippen molar-refractivity contribution in [1.29, 1.82) is 0 Å². The summed E-state index contributed by atoms with van der Waals surface area (Å²) in [5.74, 6) is 2.35. The zero-order valence-corrected chi connectivity index (χ0v) is 21.9. The molecule has 2 atom stereocenters. The lowest BCUT2D eigenvalue weighted by Gasteiger charge is -2.38. The van der Waals surface area contributed by atoms with Gasteiger partial charge in [-0.15, -0.1) is 0 Å². The summed E-state index contributed by atoms with van der Waals surface area (Å²) in [6.07, 6.45) is 2.26. The molecule has 35 heavy (non-hydrogen) atoms. The Balaban J connectivity index is 1.29. The summed E-state index contributed by atoms with van der Waals surface area (Å²) in [7, 11) is -3.22. The molecule has 1 fully saturated rings. The minimum Gasteiger partial charge on any atom is -0.369 e. The number of benzene rings is 2. The van der Waals surface area contributed by atoms with Gasteiger partial charge in [0.05, 0.1) is 4.90 Å². The van der Waals surface area contributed by atoms with Gasteiger partial charge in [0.2, 0.25) is 0 Å². The van der Waals surface area contributed by atoms with E-state index >= 15 is 0 Å². The van der Waals surface area contributed by atoms with Crippen LogP contribution in [0.1, 0.15) is 50.4 Å². The third kappa shape index (κ3) is 5.00. The van der Waals surface area contributed by atoms with E-state index in [2.05, 4.69) is 54.8 Å². The second-order valence-corrected chi connectivity index (χ2v) is 12.3. The summed E-state index contributed by atoms with van der Waals surface area (Å²) in [6, 6.07) is 16.6. The summed E-state index contributed by atoms with van der Waals surface area (Å²) in [6.45, 7) is 12.0. The van der Waals surface area contributed by atoms with Crippen LogP contribution < -0.4 is 4.90 Å². The third-order valence-corrected chi connectivity index (χ3v) is 8.62. The van der Waals surface area contributed by atoms with Crippen molar-refractivity contribution in [3.8, 4) is 11.4 Å². The van der Waals surface area contributed by atoms with Gasteiger partial charge in [0.1, 0.15) is 5.82 Å². The highest BCUT2D eigenvalue weighted by atomic mass is 32.2. The fourth-order valence-corrected chi connectivity index (χ4v) is 5.97. The number of hydrogen-bond donors (Lipinski definition) is 0. The van der Waals surface area contributed by atoms with Gasteiger partial charge in [0.25, 0.3) is 0 Å². The highest BCUT2D eigenvalue weighted by molar-refractivity contribution is 7.90. The Morgan fingerprint density at radius 3 is 2.20 bits per heavy atom. The van der Waals surface area contributed by atoms with E-state index in [1.54, 1.807) is 24.3 Å². The van der Waals surface area contributed by atoms with Crippen molar-refractivity contribution < 1.29 is 8.42 Å². The minimum absolute atomic E-state index is 0.300. The molecule has 7 nitrogen and oxygen atoms in total. The number of aromatic nitrogens is 3. The molecule has 1 aromatic heterocycles. The Hall–Kier alpha value is -2.71. The van der Waals surface area contributed by atoms with Crippen LogP contribution in [-0.2, 0) is 16.4 Å². The first kappa shape index (κ1) is 24.0. The lowest BCUT2D eigenvalue weighted by Crippen LogP contribution is -2.48. The molecule has 5 rings (SSSR count). The summed E-state index contributed by atoms with van der Waals surface area (Å²) in [5.41, 5.74) is 3.49. The molecular formula is C27H35N5O2S. The van der Waals surface area contributed by atoms with E-state index in [4.69, 9.17) is 10.1 Å². The predicted octanol–water partition coefficient (Wildman–Crippen LogP) is 4.17. The van der Waals surface area contributed by atoms with Gasteiger partial charge in [-0.3, -0.25) is 4.90 Å². The van der Waals surface area contributed by atoms with Gasteiger partial charge in [-0.05, 0) is 62.2 Å². The Morgan fingerprint density at radius 1 is 0.943 bits per heavy atom.